The molecule has 0 radical (unpaired) electrons. The van der Waals surface area contributed by atoms with Gasteiger partial charge in [0, 0.05) is 19.6 Å². The van der Waals surface area contributed by atoms with Crippen LogP contribution in [-0.2, 0) is 14.8 Å². The number of hydrogen-bond acceptors (Lipinski definition) is 6. The number of carbonyl (C=O) groups is 1. The molecule has 0 bridgehead atoms. The number of nitrogens with one attached hydrogen (secondary N) is 1. The molecule has 2 heterocycles. The van der Waals surface area contributed by atoms with E-state index in [0.717, 1.165) is 18.1 Å². The lowest BCUT2D eigenvalue weighted by Crippen LogP contribution is -2.45. The van der Waals surface area contributed by atoms with Gasteiger partial charge in [0.2, 0.25) is 15.9 Å². The van der Waals surface area contributed by atoms with Crippen molar-refractivity contribution in [2.24, 2.45) is 11.8 Å². The Morgan fingerprint density at radius 2 is 2.19 bits per heavy atom. The summed E-state index contributed by atoms with van der Waals surface area (Å²) in [5, 5.41) is 2.94. The number of sulfonamides is 1. The van der Waals surface area contributed by atoms with Crippen LogP contribution >= 0.6 is 11.7 Å². The minimum Gasteiger partial charge on any atom is -0.356 e. The number of carbonyl (C=O) groups excluding carboxylic acids is 1. The third-order valence-electron chi connectivity index (χ3n) is 4.64. The van der Waals surface area contributed by atoms with E-state index in [1.165, 1.54) is 4.31 Å². The van der Waals surface area contributed by atoms with Gasteiger partial charge >= 0.3 is 0 Å². The lowest BCUT2D eigenvalue weighted by atomic mass is 9.98. The molecule has 1 saturated heterocycles. The molecule has 9 heteroatoms. The highest BCUT2D eigenvalue weighted by molar-refractivity contribution is 7.89. The fourth-order valence-electron chi connectivity index (χ4n) is 3.13. The van der Waals surface area contributed by atoms with E-state index in [9.17, 15) is 13.2 Å². The maximum atomic E-state index is 13.1. The second kappa shape index (κ2) is 7.98. The Labute approximate surface area is 158 Å². The van der Waals surface area contributed by atoms with Gasteiger partial charge in [0.1, 0.15) is 15.9 Å². The molecule has 1 atom stereocenters. The summed E-state index contributed by atoms with van der Waals surface area (Å²) in [5.74, 6) is 0.156. The molecule has 1 aromatic carbocycles. The number of amides is 1. The third-order valence-corrected chi connectivity index (χ3v) is 7.08. The summed E-state index contributed by atoms with van der Waals surface area (Å²) in [7, 11) is -3.70. The van der Waals surface area contributed by atoms with E-state index in [1.807, 2.05) is 0 Å². The summed E-state index contributed by atoms with van der Waals surface area (Å²) >= 11 is 0.999. The van der Waals surface area contributed by atoms with E-state index in [2.05, 4.69) is 27.9 Å². The van der Waals surface area contributed by atoms with Gasteiger partial charge in [-0.25, -0.2) is 8.42 Å². The van der Waals surface area contributed by atoms with Crippen LogP contribution in [0.4, 0.5) is 0 Å². The molecule has 2 aromatic rings. The fourth-order valence-corrected chi connectivity index (χ4v) is 5.41. The van der Waals surface area contributed by atoms with Crippen molar-refractivity contribution >= 4 is 38.7 Å². The molecule has 0 spiro atoms. The smallest absolute Gasteiger partial charge is 0.245 e. The molecule has 3 rings (SSSR count). The molecule has 1 unspecified atom stereocenters. The molecule has 1 aliphatic rings. The molecule has 1 N–H and O–H groups in total. The molecular weight excluding hydrogens is 372 g/mol. The number of aromatic nitrogens is 2. The summed E-state index contributed by atoms with van der Waals surface area (Å²) in [6, 6.07) is 4.99. The highest BCUT2D eigenvalue weighted by atomic mass is 32.2. The molecule has 7 nitrogen and oxygen atoms in total. The largest absolute Gasteiger partial charge is 0.356 e. The first-order valence-corrected chi connectivity index (χ1v) is 11.1. The maximum Gasteiger partial charge on any atom is 0.245 e. The quantitative estimate of drug-likeness (QED) is 0.808. The first-order valence-electron chi connectivity index (χ1n) is 8.88. The SMILES string of the molecule is CC(C)CCNC(=O)C1CCCN(S(=O)(=O)c2cccc3nsnc23)C1. The van der Waals surface area contributed by atoms with E-state index in [0.29, 0.717) is 42.9 Å². The van der Waals surface area contributed by atoms with Crippen molar-refractivity contribution in [1.29, 1.82) is 0 Å². The van der Waals surface area contributed by atoms with Gasteiger partial charge in [-0.1, -0.05) is 19.9 Å². The van der Waals surface area contributed by atoms with Crippen LogP contribution in [0.5, 0.6) is 0 Å². The molecule has 142 valence electrons. The standard InChI is InChI=1S/C17H24N4O3S2/c1-12(2)8-9-18-17(22)13-5-4-10-21(11-13)26(23,24)15-7-3-6-14-16(15)20-25-19-14/h3,6-7,12-13H,4-5,8-11H2,1-2H3,(H,18,22). The van der Waals surface area contributed by atoms with Gasteiger partial charge < -0.3 is 5.32 Å². The molecule has 1 aromatic heterocycles. The van der Waals surface area contributed by atoms with Gasteiger partial charge in [0.25, 0.3) is 0 Å². The number of nitrogens with zero attached hydrogens (tertiary/aromatic N) is 3. The van der Waals surface area contributed by atoms with Crippen LogP contribution in [0, 0.1) is 11.8 Å². The zero-order chi connectivity index (χ0) is 18.7. The van der Waals surface area contributed by atoms with Crippen LogP contribution in [0.15, 0.2) is 23.1 Å². The third kappa shape index (κ3) is 4.05. The first-order chi connectivity index (χ1) is 12.4. The Kier molecular flexibility index (Phi) is 5.89. The fraction of sp³-hybridized carbons (Fsp3) is 0.588. The average Bonchev–Trinajstić information content (AvgIpc) is 3.10. The summed E-state index contributed by atoms with van der Waals surface area (Å²) in [6.45, 7) is 5.48. The Bertz CT molecular complexity index is 879. The highest BCUT2D eigenvalue weighted by Crippen LogP contribution is 2.28. The van der Waals surface area contributed by atoms with Crippen molar-refractivity contribution in [3.05, 3.63) is 18.2 Å². The molecule has 0 aliphatic carbocycles. The summed E-state index contributed by atoms with van der Waals surface area (Å²) in [6.07, 6.45) is 2.30. The molecule has 0 saturated carbocycles. The van der Waals surface area contributed by atoms with Crippen molar-refractivity contribution in [1.82, 2.24) is 18.4 Å². The Morgan fingerprint density at radius 1 is 1.38 bits per heavy atom. The average molecular weight is 397 g/mol. The highest BCUT2D eigenvalue weighted by Gasteiger charge is 2.34. The summed E-state index contributed by atoms with van der Waals surface area (Å²) < 4.78 is 35.9. The van der Waals surface area contributed by atoms with E-state index in [4.69, 9.17) is 0 Å². The van der Waals surface area contributed by atoms with Gasteiger partial charge in [-0.05, 0) is 37.3 Å². The van der Waals surface area contributed by atoms with Crippen LogP contribution < -0.4 is 5.32 Å². The zero-order valence-electron chi connectivity index (χ0n) is 15.0. The van der Waals surface area contributed by atoms with Gasteiger partial charge in [-0.15, -0.1) is 0 Å². The minimum atomic E-state index is -3.70. The second-order valence-electron chi connectivity index (χ2n) is 7.06. The lowest BCUT2D eigenvalue weighted by Gasteiger charge is -2.31. The number of fused-ring (bicyclic) bond motifs is 1. The zero-order valence-corrected chi connectivity index (χ0v) is 16.6. The van der Waals surface area contributed by atoms with Crippen LogP contribution in [0.1, 0.15) is 33.1 Å². The van der Waals surface area contributed by atoms with Crippen molar-refractivity contribution in [3.63, 3.8) is 0 Å². The van der Waals surface area contributed by atoms with Crippen LogP contribution in [0.3, 0.4) is 0 Å². The van der Waals surface area contributed by atoms with Gasteiger partial charge in [0.05, 0.1) is 17.6 Å². The molecule has 26 heavy (non-hydrogen) atoms. The molecular formula is C17H24N4O3S2. The van der Waals surface area contributed by atoms with Gasteiger partial charge in [-0.2, -0.15) is 13.1 Å². The monoisotopic (exact) mass is 396 g/mol. The predicted molar refractivity (Wildman–Crippen MR) is 101 cm³/mol. The van der Waals surface area contributed by atoms with Crippen LogP contribution in [0.2, 0.25) is 0 Å². The van der Waals surface area contributed by atoms with E-state index in [1.54, 1.807) is 18.2 Å². The Balaban J connectivity index is 1.74. The maximum absolute atomic E-state index is 13.1. The predicted octanol–water partition coefficient (Wildman–Crippen LogP) is 2.25. The molecule has 1 aliphatic heterocycles. The van der Waals surface area contributed by atoms with E-state index < -0.39 is 10.0 Å². The molecule has 1 fully saturated rings. The summed E-state index contributed by atoms with van der Waals surface area (Å²) in [5.41, 5.74) is 0.983. The van der Waals surface area contributed by atoms with Crippen LogP contribution in [-0.4, -0.2) is 47.0 Å². The van der Waals surface area contributed by atoms with Crippen molar-refractivity contribution in [2.45, 2.75) is 38.0 Å². The Morgan fingerprint density at radius 3 is 2.96 bits per heavy atom. The number of rotatable bonds is 6. The second-order valence-corrected chi connectivity index (χ2v) is 9.50. The minimum absolute atomic E-state index is 0.0564. The van der Waals surface area contributed by atoms with Crippen molar-refractivity contribution < 1.29 is 13.2 Å². The van der Waals surface area contributed by atoms with E-state index >= 15 is 0 Å². The molecule has 1 amide bonds. The first kappa shape index (κ1) is 19.2. The lowest BCUT2D eigenvalue weighted by molar-refractivity contribution is -0.126. The van der Waals surface area contributed by atoms with Crippen LogP contribution in [0.25, 0.3) is 11.0 Å². The van der Waals surface area contributed by atoms with Crippen molar-refractivity contribution in [3.8, 4) is 0 Å². The topological polar surface area (TPSA) is 92.3 Å². The number of benzene rings is 1. The summed E-state index contributed by atoms with van der Waals surface area (Å²) in [4.78, 5) is 12.6. The van der Waals surface area contributed by atoms with Gasteiger partial charge in [0.15, 0.2) is 0 Å². The number of hydrogen-bond donors (Lipinski definition) is 1. The van der Waals surface area contributed by atoms with E-state index in [-0.39, 0.29) is 23.3 Å². The number of piperidine rings is 1. The Hall–Kier alpha value is -1.58. The van der Waals surface area contributed by atoms with Gasteiger partial charge in [-0.3, -0.25) is 4.79 Å². The normalized spacial score (nSPS) is 19.1. The van der Waals surface area contributed by atoms with Crippen molar-refractivity contribution in [2.75, 3.05) is 19.6 Å².